The lowest BCUT2D eigenvalue weighted by Crippen LogP contribution is -2.24. The molecule has 0 fully saturated rings. The summed E-state index contributed by atoms with van der Waals surface area (Å²) < 4.78 is 20.3. The minimum atomic E-state index is -0.661. The maximum atomic E-state index is 13.4. The maximum Gasteiger partial charge on any atom is 0.338 e. The van der Waals surface area contributed by atoms with E-state index in [-0.39, 0.29) is 36.2 Å². The fourth-order valence-corrected chi connectivity index (χ4v) is 6.07. The second kappa shape index (κ2) is 15.7. The third kappa shape index (κ3) is 7.86. The molecule has 266 valence electrons. The zero-order valence-electron chi connectivity index (χ0n) is 28.7. The first-order valence-electron chi connectivity index (χ1n) is 16.8. The first-order chi connectivity index (χ1) is 25.1. The minimum Gasteiger partial charge on any atom is -0.465 e. The molecular formula is C40H36N2O10. The minimum absolute atomic E-state index is 0.157. The van der Waals surface area contributed by atoms with Crippen molar-refractivity contribution in [3.8, 4) is 0 Å². The fourth-order valence-electron chi connectivity index (χ4n) is 6.07. The Morgan fingerprint density at radius 2 is 0.981 bits per heavy atom. The van der Waals surface area contributed by atoms with Crippen LogP contribution in [0.2, 0.25) is 0 Å². The van der Waals surface area contributed by atoms with Gasteiger partial charge in [0, 0.05) is 37.3 Å². The normalized spacial score (nSPS) is 13.0. The number of amides is 2. The van der Waals surface area contributed by atoms with E-state index in [4.69, 9.17) is 14.2 Å². The van der Waals surface area contributed by atoms with Gasteiger partial charge in [-0.15, -0.1) is 0 Å². The summed E-state index contributed by atoms with van der Waals surface area (Å²) in [7, 11) is 1.26. The van der Waals surface area contributed by atoms with Gasteiger partial charge >= 0.3 is 23.9 Å². The Balaban J connectivity index is 1.000. The second-order valence-electron chi connectivity index (χ2n) is 12.4. The molecule has 0 unspecified atom stereocenters. The predicted molar refractivity (Wildman–Crippen MR) is 185 cm³/mol. The van der Waals surface area contributed by atoms with Crippen LogP contribution < -0.4 is 0 Å². The number of rotatable bonds is 13. The van der Waals surface area contributed by atoms with Crippen molar-refractivity contribution in [1.82, 2.24) is 9.80 Å². The van der Waals surface area contributed by atoms with Crippen molar-refractivity contribution in [2.45, 2.75) is 39.5 Å². The Bertz CT molecular complexity index is 2060. The van der Waals surface area contributed by atoms with E-state index in [2.05, 4.69) is 4.74 Å². The molecule has 0 aliphatic carbocycles. The third-order valence-electron chi connectivity index (χ3n) is 8.72. The quantitative estimate of drug-likeness (QED) is 0.101. The van der Waals surface area contributed by atoms with E-state index in [1.165, 1.54) is 37.4 Å². The Labute approximate surface area is 299 Å². The van der Waals surface area contributed by atoms with Crippen LogP contribution in [0.1, 0.15) is 97.7 Å². The highest BCUT2D eigenvalue weighted by Crippen LogP contribution is 2.28. The average Bonchev–Trinajstić information content (AvgIpc) is 3.65. The largest absolute Gasteiger partial charge is 0.465 e. The van der Waals surface area contributed by atoms with E-state index in [0.717, 1.165) is 22.3 Å². The van der Waals surface area contributed by atoms with E-state index in [1.807, 2.05) is 31.2 Å². The van der Waals surface area contributed by atoms with Crippen molar-refractivity contribution < 1.29 is 47.7 Å². The molecule has 0 radical (unpaired) electrons. The zero-order chi connectivity index (χ0) is 36.8. The van der Waals surface area contributed by atoms with Gasteiger partial charge in [0.25, 0.3) is 11.8 Å². The molecule has 4 aromatic rings. The summed E-state index contributed by atoms with van der Waals surface area (Å²) in [6, 6.07) is 23.4. The molecule has 6 rings (SSSR count). The number of esters is 4. The van der Waals surface area contributed by atoms with Crippen LogP contribution >= 0.6 is 0 Å². The van der Waals surface area contributed by atoms with Crippen molar-refractivity contribution in [3.63, 3.8) is 0 Å². The molecule has 12 heteroatoms. The molecule has 2 aliphatic rings. The predicted octanol–water partition coefficient (Wildman–Crippen LogP) is 5.37. The number of carbonyl (C=O) groups excluding carboxylic acids is 6. The fraction of sp³-hybridized carbons (Fsp3) is 0.250. The van der Waals surface area contributed by atoms with Crippen LogP contribution in [-0.4, -0.2) is 72.4 Å². The van der Waals surface area contributed by atoms with Crippen LogP contribution in [0.25, 0.3) is 0 Å². The summed E-state index contributed by atoms with van der Waals surface area (Å²) in [5, 5.41) is 0. The van der Waals surface area contributed by atoms with Gasteiger partial charge in [-0.25, -0.2) is 19.2 Å². The summed E-state index contributed by atoms with van der Waals surface area (Å²) in [5.74, 6) is -2.65. The summed E-state index contributed by atoms with van der Waals surface area (Å²) in [4.78, 5) is 79.0. The van der Waals surface area contributed by atoms with Crippen molar-refractivity contribution >= 4 is 35.7 Å². The van der Waals surface area contributed by atoms with Crippen LogP contribution in [0, 0.1) is 0 Å². The van der Waals surface area contributed by atoms with Gasteiger partial charge in [0.05, 0.1) is 36.0 Å². The number of carbonyl (C=O) groups is 6. The van der Waals surface area contributed by atoms with Gasteiger partial charge in [-0.3, -0.25) is 9.59 Å². The van der Waals surface area contributed by atoms with Gasteiger partial charge in [0.1, 0.15) is 13.2 Å². The zero-order valence-corrected chi connectivity index (χ0v) is 28.7. The van der Waals surface area contributed by atoms with Crippen molar-refractivity contribution in [1.29, 1.82) is 0 Å². The van der Waals surface area contributed by atoms with E-state index in [9.17, 15) is 28.8 Å². The molecule has 0 saturated heterocycles. The lowest BCUT2D eigenvalue weighted by Gasteiger charge is -2.18. The van der Waals surface area contributed by atoms with E-state index in [0.29, 0.717) is 61.5 Å². The van der Waals surface area contributed by atoms with Crippen LogP contribution in [0.5, 0.6) is 0 Å². The van der Waals surface area contributed by atoms with Crippen LogP contribution in [0.15, 0.2) is 84.9 Å². The molecular weight excluding hydrogens is 668 g/mol. The number of nitrogens with zero attached hydrogens (tertiary/aromatic N) is 2. The lowest BCUT2D eigenvalue weighted by molar-refractivity contribution is 0.0265. The number of benzene rings is 4. The Hall–Kier alpha value is -6.30. The van der Waals surface area contributed by atoms with Crippen molar-refractivity contribution in [3.05, 3.63) is 141 Å². The van der Waals surface area contributed by atoms with Gasteiger partial charge in [-0.2, -0.15) is 0 Å². The number of ether oxygens (including phenoxy) is 4. The first kappa shape index (κ1) is 35.5. The SMILES string of the molecule is CCCOC(=O)c1ccc2c(c1)C(=O)N(Cc1cccc(CN3Cc4ccc(C(=O)OCCOC(=O)c5ccc(C(=O)OC)cc5)cc4C3=O)c1)C2. The second-order valence-corrected chi connectivity index (χ2v) is 12.4. The summed E-state index contributed by atoms with van der Waals surface area (Å²) >= 11 is 0. The molecule has 2 aliphatic heterocycles. The maximum absolute atomic E-state index is 13.4. The summed E-state index contributed by atoms with van der Waals surface area (Å²) in [6.45, 7) is 3.34. The molecule has 2 heterocycles. The highest BCUT2D eigenvalue weighted by molar-refractivity contribution is 6.02. The van der Waals surface area contributed by atoms with Gasteiger partial charge in [-0.05, 0) is 77.2 Å². The van der Waals surface area contributed by atoms with E-state index < -0.39 is 23.9 Å². The van der Waals surface area contributed by atoms with Crippen molar-refractivity contribution in [2.24, 2.45) is 0 Å². The van der Waals surface area contributed by atoms with E-state index >= 15 is 0 Å². The van der Waals surface area contributed by atoms with Crippen LogP contribution in [0.4, 0.5) is 0 Å². The molecule has 0 N–H and O–H groups in total. The number of fused-ring (bicyclic) bond motifs is 2. The van der Waals surface area contributed by atoms with Gasteiger partial charge in [-0.1, -0.05) is 43.3 Å². The summed E-state index contributed by atoms with van der Waals surface area (Å²) in [5.41, 5.74) is 5.39. The molecule has 0 spiro atoms. The van der Waals surface area contributed by atoms with Gasteiger partial charge < -0.3 is 28.7 Å². The molecule has 0 bridgehead atoms. The Morgan fingerprint density at radius 1 is 0.558 bits per heavy atom. The molecule has 0 atom stereocenters. The Kier molecular flexibility index (Phi) is 10.7. The number of methoxy groups -OCH3 is 1. The standard InChI is InChI=1S/C40H36N2O10/c1-3-15-50-39(47)29-11-13-31-23-41(35(43)33(31)19-29)21-25-5-4-6-26(18-25)22-42-24-32-14-12-30(20-34(32)36(42)44)40(48)52-17-16-51-38(46)28-9-7-27(8-10-28)37(45)49-2/h4-14,18-20H,3,15-17,21-24H2,1-2H3. The van der Waals surface area contributed by atoms with Gasteiger partial charge in [0.15, 0.2) is 0 Å². The van der Waals surface area contributed by atoms with E-state index in [1.54, 1.807) is 40.1 Å². The highest BCUT2D eigenvalue weighted by Gasteiger charge is 2.30. The summed E-state index contributed by atoms with van der Waals surface area (Å²) in [6.07, 6.45) is 0.711. The number of hydrogen-bond donors (Lipinski definition) is 0. The topological polar surface area (TPSA) is 146 Å². The average molecular weight is 705 g/mol. The van der Waals surface area contributed by atoms with Crippen LogP contribution in [0.3, 0.4) is 0 Å². The lowest BCUT2D eigenvalue weighted by atomic mass is 10.1. The first-order valence-corrected chi connectivity index (χ1v) is 16.8. The van der Waals surface area contributed by atoms with Crippen LogP contribution in [-0.2, 0) is 45.1 Å². The molecule has 2 amide bonds. The Morgan fingerprint density at radius 3 is 1.44 bits per heavy atom. The van der Waals surface area contributed by atoms with Gasteiger partial charge in [0.2, 0.25) is 0 Å². The molecule has 0 aromatic heterocycles. The molecule has 0 saturated carbocycles. The smallest absolute Gasteiger partial charge is 0.338 e. The molecule has 12 nitrogen and oxygen atoms in total. The van der Waals surface area contributed by atoms with Crippen molar-refractivity contribution in [2.75, 3.05) is 26.9 Å². The third-order valence-corrected chi connectivity index (χ3v) is 8.72. The highest BCUT2D eigenvalue weighted by atomic mass is 16.6. The molecule has 4 aromatic carbocycles. The molecule has 52 heavy (non-hydrogen) atoms. The monoisotopic (exact) mass is 704 g/mol. The number of hydrogen-bond acceptors (Lipinski definition) is 10.